The van der Waals surface area contributed by atoms with Crippen LogP contribution in [0, 0.1) is 6.92 Å². The maximum atomic E-state index is 13.2. The highest BCUT2D eigenvalue weighted by atomic mass is 32.2. The van der Waals surface area contributed by atoms with Crippen molar-refractivity contribution in [1.29, 1.82) is 0 Å². The molecule has 0 amide bonds. The highest BCUT2D eigenvalue weighted by Gasteiger charge is 2.31. The van der Waals surface area contributed by atoms with Crippen molar-refractivity contribution in [2.75, 3.05) is 36.8 Å². The molecule has 12 heteroatoms. The van der Waals surface area contributed by atoms with Crippen molar-refractivity contribution in [3.63, 3.8) is 0 Å². The van der Waals surface area contributed by atoms with Gasteiger partial charge >= 0.3 is 11.6 Å². The fraction of sp³-hybridized carbons (Fsp3) is 0.435. The van der Waals surface area contributed by atoms with E-state index in [1.54, 1.807) is 30.1 Å². The Hall–Kier alpha value is -2.96. The standard InChI is InChI=1S/C23H28N8O2S2/c1-16-25-26-22(35-16)34-14-13-31-18-19(27(2)23(33)28(3)20(18)32)24-21(31)30-11-9-29(10-12-30)15-17-7-5-4-6-8-17/h4-8H,9-15H2,1-3H3/p+1. The first-order valence-corrected chi connectivity index (χ1v) is 13.4. The van der Waals surface area contributed by atoms with E-state index >= 15 is 0 Å². The van der Waals surface area contributed by atoms with E-state index in [1.165, 1.54) is 21.7 Å². The molecule has 1 saturated heterocycles. The van der Waals surface area contributed by atoms with Crippen molar-refractivity contribution in [2.45, 2.75) is 24.4 Å². The normalized spacial score (nSPS) is 14.8. The summed E-state index contributed by atoms with van der Waals surface area (Å²) in [4.78, 5) is 33.9. The first-order valence-electron chi connectivity index (χ1n) is 11.6. The molecule has 0 spiro atoms. The number of H-pyrrole nitrogens is 1. The average molecular weight is 514 g/mol. The van der Waals surface area contributed by atoms with Crippen LogP contribution < -0.4 is 20.7 Å². The summed E-state index contributed by atoms with van der Waals surface area (Å²) in [7, 11) is 3.23. The number of hydrogen-bond donors (Lipinski definition) is 1. The largest absolute Gasteiger partial charge is 0.359 e. The minimum atomic E-state index is -0.339. The topological polar surface area (TPSA) is 95.9 Å². The number of hydrogen-bond acceptors (Lipinski definition) is 8. The van der Waals surface area contributed by atoms with E-state index in [2.05, 4.69) is 49.2 Å². The van der Waals surface area contributed by atoms with Gasteiger partial charge in [-0.2, -0.15) is 0 Å². The van der Waals surface area contributed by atoms with Gasteiger partial charge < -0.3 is 0 Å². The maximum absolute atomic E-state index is 13.2. The number of rotatable bonds is 7. The summed E-state index contributed by atoms with van der Waals surface area (Å²) in [6.45, 7) is 6.97. The van der Waals surface area contributed by atoms with Gasteiger partial charge in [0.2, 0.25) is 11.2 Å². The monoisotopic (exact) mass is 513 g/mol. The maximum Gasteiger partial charge on any atom is 0.359 e. The Kier molecular flexibility index (Phi) is 6.76. The van der Waals surface area contributed by atoms with Crippen LogP contribution in [0.15, 0.2) is 44.3 Å². The minimum Gasteiger partial charge on any atom is -0.293 e. The molecule has 1 aliphatic heterocycles. The summed E-state index contributed by atoms with van der Waals surface area (Å²) in [6, 6.07) is 10.5. The second-order valence-corrected chi connectivity index (χ2v) is 11.2. The second kappa shape index (κ2) is 9.96. The Balaban J connectivity index is 1.42. The molecule has 1 N–H and O–H groups in total. The van der Waals surface area contributed by atoms with Crippen LogP contribution >= 0.6 is 23.1 Å². The summed E-state index contributed by atoms with van der Waals surface area (Å²) in [5.74, 6) is 1.60. The Morgan fingerprint density at radius 1 is 1.06 bits per heavy atom. The zero-order valence-corrected chi connectivity index (χ0v) is 21.7. The molecule has 4 aromatic rings. The van der Waals surface area contributed by atoms with Gasteiger partial charge in [0.05, 0.1) is 19.6 Å². The molecule has 4 heterocycles. The number of thioether (sulfide) groups is 1. The Morgan fingerprint density at radius 3 is 2.49 bits per heavy atom. The number of nitrogens with one attached hydrogen (secondary N) is 1. The van der Waals surface area contributed by atoms with Crippen molar-refractivity contribution in [3.05, 3.63) is 61.7 Å². The van der Waals surface area contributed by atoms with E-state index in [9.17, 15) is 9.59 Å². The minimum absolute atomic E-state index is 0.287. The number of fused-ring (bicyclic) bond motifs is 1. The van der Waals surface area contributed by atoms with Crippen molar-refractivity contribution < 1.29 is 4.57 Å². The fourth-order valence-electron chi connectivity index (χ4n) is 4.48. The molecular weight excluding hydrogens is 484 g/mol. The molecule has 5 rings (SSSR count). The molecule has 0 saturated carbocycles. The van der Waals surface area contributed by atoms with Gasteiger partial charge in [-0.15, -0.1) is 10.2 Å². The summed E-state index contributed by atoms with van der Waals surface area (Å²) in [5.41, 5.74) is 1.75. The van der Waals surface area contributed by atoms with Gasteiger partial charge in [-0.25, -0.2) is 14.3 Å². The average Bonchev–Trinajstić information content (AvgIpc) is 3.46. The molecular formula is C23H29N8O2S2+. The van der Waals surface area contributed by atoms with Gasteiger partial charge in [0.15, 0.2) is 4.34 Å². The van der Waals surface area contributed by atoms with Crippen LogP contribution in [-0.2, 0) is 27.2 Å². The lowest BCUT2D eigenvalue weighted by Gasteiger charge is -2.31. The number of aryl methyl sites for hydroxylation is 3. The highest BCUT2D eigenvalue weighted by Crippen LogP contribution is 2.22. The third-order valence-corrected chi connectivity index (χ3v) is 8.32. The van der Waals surface area contributed by atoms with Crippen LogP contribution in [0.3, 0.4) is 0 Å². The van der Waals surface area contributed by atoms with E-state index in [0.717, 1.165) is 53.8 Å². The van der Waals surface area contributed by atoms with Crippen LogP contribution in [0.2, 0.25) is 0 Å². The Bertz CT molecular complexity index is 1450. The van der Waals surface area contributed by atoms with Gasteiger partial charge in [-0.1, -0.05) is 53.4 Å². The molecule has 0 aliphatic carbocycles. The number of benzene rings is 1. The van der Waals surface area contributed by atoms with E-state index in [0.29, 0.717) is 17.7 Å². The number of imidazole rings is 1. The highest BCUT2D eigenvalue weighted by molar-refractivity contribution is 8.01. The predicted molar refractivity (Wildman–Crippen MR) is 138 cm³/mol. The third kappa shape index (κ3) is 4.78. The van der Waals surface area contributed by atoms with E-state index in [1.807, 2.05) is 17.6 Å². The van der Waals surface area contributed by atoms with Crippen LogP contribution in [-0.4, -0.2) is 61.1 Å². The van der Waals surface area contributed by atoms with Crippen molar-refractivity contribution in [1.82, 2.24) is 29.2 Å². The molecule has 0 unspecified atom stereocenters. The van der Waals surface area contributed by atoms with Crippen molar-refractivity contribution >= 4 is 40.2 Å². The number of piperazine rings is 1. The van der Waals surface area contributed by atoms with Crippen LogP contribution in [0.4, 0.5) is 5.95 Å². The first kappa shape index (κ1) is 23.8. The molecule has 1 aromatic carbocycles. The van der Waals surface area contributed by atoms with E-state index in [-0.39, 0.29) is 11.2 Å². The van der Waals surface area contributed by atoms with Crippen molar-refractivity contribution in [3.8, 4) is 0 Å². The molecule has 0 bridgehead atoms. The van der Waals surface area contributed by atoms with E-state index < -0.39 is 0 Å². The van der Waals surface area contributed by atoms with Crippen molar-refractivity contribution in [2.24, 2.45) is 14.1 Å². The van der Waals surface area contributed by atoms with Gasteiger partial charge in [0, 0.05) is 39.5 Å². The molecule has 3 aromatic heterocycles. The van der Waals surface area contributed by atoms with Crippen LogP contribution in [0.1, 0.15) is 10.6 Å². The van der Waals surface area contributed by atoms with Gasteiger partial charge in [0.1, 0.15) is 5.01 Å². The number of anilines is 1. The lowest BCUT2D eigenvalue weighted by molar-refractivity contribution is -0.654. The van der Waals surface area contributed by atoms with Gasteiger partial charge in [-0.05, 0) is 12.5 Å². The molecule has 10 nitrogen and oxygen atoms in total. The molecule has 1 fully saturated rings. The smallest absolute Gasteiger partial charge is 0.293 e. The number of aromatic nitrogens is 6. The van der Waals surface area contributed by atoms with Gasteiger partial charge in [-0.3, -0.25) is 23.7 Å². The van der Waals surface area contributed by atoms with Gasteiger partial charge in [0.25, 0.3) is 5.56 Å². The summed E-state index contributed by atoms with van der Waals surface area (Å²) in [6.07, 6.45) is 0. The second-order valence-electron chi connectivity index (χ2n) is 8.69. The number of nitrogens with zero attached hydrogens (tertiary/aromatic N) is 7. The summed E-state index contributed by atoms with van der Waals surface area (Å²) >= 11 is 3.20. The quantitative estimate of drug-likeness (QED) is 0.292. The molecule has 184 valence electrons. The lowest BCUT2D eigenvalue weighted by atomic mass is 10.2. The zero-order valence-electron chi connectivity index (χ0n) is 20.1. The first-order chi connectivity index (χ1) is 16.9. The zero-order chi connectivity index (χ0) is 24.5. The predicted octanol–water partition coefficient (Wildman–Crippen LogP) is 1.13. The summed E-state index contributed by atoms with van der Waals surface area (Å²) < 4.78 is 5.64. The molecule has 35 heavy (non-hydrogen) atoms. The fourth-order valence-corrected chi connectivity index (χ4v) is 6.29. The molecule has 0 atom stereocenters. The van der Waals surface area contributed by atoms with Crippen LogP contribution in [0.25, 0.3) is 11.2 Å². The van der Waals surface area contributed by atoms with Crippen LogP contribution in [0.5, 0.6) is 0 Å². The lowest BCUT2D eigenvalue weighted by Crippen LogP contribution is -2.52. The third-order valence-electron chi connectivity index (χ3n) is 6.37. The van der Waals surface area contributed by atoms with E-state index in [4.69, 9.17) is 0 Å². The summed E-state index contributed by atoms with van der Waals surface area (Å²) in [5, 5.41) is 9.22. The molecule has 1 aliphatic rings. The Morgan fingerprint density at radius 2 is 1.80 bits per heavy atom. The SMILES string of the molecule is Cc1nnc(SCC[n+]2c(N3CCN(Cc4ccccc4)CC3)[nH]c3c2c(=O)n(C)c(=O)n3C)s1. The number of aromatic amines is 1. The Labute approximate surface area is 210 Å². The molecule has 0 radical (unpaired) electrons.